The Hall–Kier alpha value is 0.0200. The molecular formula is C5H9NS. The minimum absolute atomic E-state index is 0.537. The Bertz CT molecular complexity index is 66.5. The van der Waals surface area contributed by atoms with E-state index in [2.05, 4.69) is 16.8 Å². The van der Waals surface area contributed by atoms with E-state index in [0.29, 0.717) is 6.04 Å². The van der Waals surface area contributed by atoms with Gasteiger partial charge >= 0.3 is 0 Å². The van der Waals surface area contributed by atoms with Gasteiger partial charge in [-0.3, -0.25) is 0 Å². The maximum atomic E-state index is 4.54. The van der Waals surface area contributed by atoms with Crippen molar-refractivity contribution in [3.63, 3.8) is 0 Å². The normalized spacial score (nSPS) is 22.9. The molecule has 1 aliphatic carbocycles. The van der Waals surface area contributed by atoms with Crippen molar-refractivity contribution in [2.24, 2.45) is 4.36 Å². The van der Waals surface area contributed by atoms with Crippen LogP contribution in [0, 0.1) is 0 Å². The Morgan fingerprint density at radius 2 is 1.86 bits per heavy atom. The van der Waals surface area contributed by atoms with Crippen LogP contribution in [0.5, 0.6) is 0 Å². The molecule has 0 atom stereocenters. The van der Waals surface area contributed by atoms with Crippen LogP contribution in [-0.4, -0.2) is 6.04 Å². The molecule has 0 radical (unpaired) electrons. The van der Waals surface area contributed by atoms with Crippen LogP contribution in [0.4, 0.5) is 0 Å². The highest BCUT2D eigenvalue weighted by Crippen LogP contribution is 2.19. The van der Waals surface area contributed by atoms with E-state index in [1.165, 1.54) is 25.7 Å². The Balaban J connectivity index is 2.26. The summed E-state index contributed by atoms with van der Waals surface area (Å²) in [5.41, 5.74) is 0. The SMILES string of the molecule is S=NC1CCCC1. The lowest BCUT2D eigenvalue weighted by atomic mass is 10.3. The molecule has 0 aliphatic heterocycles. The molecule has 1 fully saturated rings. The summed E-state index contributed by atoms with van der Waals surface area (Å²) < 4.78 is 3.77. The summed E-state index contributed by atoms with van der Waals surface area (Å²) in [6, 6.07) is 0.537. The highest BCUT2D eigenvalue weighted by Gasteiger charge is 2.11. The van der Waals surface area contributed by atoms with Gasteiger partial charge in [0.1, 0.15) is 0 Å². The van der Waals surface area contributed by atoms with Gasteiger partial charge < -0.3 is 0 Å². The van der Waals surface area contributed by atoms with Crippen LogP contribution in [0.1, 0.15) is 25.7 Å². The molecule has 0 amide bonds. The Labute approximate surface area is 49.3 Å². The second kappa shape index (κ2) is 2.36. The third-order valence-electron chi connectivity index (χ3n) is 1.47. The van der Waals surface area contributed by atoms with E-state index in [1.54, 1.807) is 0 Å². The minimum atomic E-state index is 0.537. The van der Waals surface area contributed by atoms with Gasteiger partial charge in [0.05, 0.1) is 6.04 Å². The summed E-state index contributed by atoms with van der Waals surface area (Å²) in [5, 5.41) is 0. The fourth-order valence-electron chi connectivity index (χ4n) is 1.01. The lowest BCUT2D eigenvalue weighted by Crippen LogP contribution is -1.91. The van der Waals surface area contributed by atoms with E-state index < -0.39 is 0 Å². The fourth-order valence-corrected chi connectivity index (χ4v) is 1.22. The first-order valence-corrected chi connectivity index (χ1v) is 3.12. The largest absolute Gasteiger partial charge is 0.216 e. The average molecular weight is 115 g/mol. The van der Waals surface area contributed by atoms with E-state index in [9.17, 15) is 0 Å². The Morgan fingerprint density at radius 3 is 2.14 bits per heavy atom. The summed E-state index contributed by atoms with van der Waals surface area (Å²) in [6.07, 6.45) is 5.16. The summed E-state index contributed by atoms with van der Waals surface area (Å²) in [4.78, 5) is 0. The van der Waals surface area contributed by atoms with Crippen molar-refractivity contribution >= 4 is 12.4 Å². The second-order valence-corrected chi connectivity index (χ2v) is 2.25. The molecule has 40 valence electrons. The van der Waals surface area contributed by atoms with Crippen LogP contribution in [0.15, 0.2) is 4.36 Å². The predicted octanol–water partition coefficient (Wildman–Crippen LogP) is 1.66. The second-order valence-electron chi connectivity index (χ2n) is 2.04. The number of hydrogen-bond acceptors (Lipinski definition) is 2. The molecule has 0 unspecified atom stereocenters. The molecule has 0 aromatic rings. The third-order valence-corrected chi connectivity index (χ3v) is 1.77. The van der Waals surface area contributed by atoms with Gasteiger partial charge in [0.2, 0.25) is 0 Å². The molecule has 0 aromatic carbocycles. The zero-order valence-electron chi connectivity index (χ0n) is 4.26. The fraction of sp³-hybridized carbons (Fsp3) is 1.00. The lowest BCUT2D eigenvalue weighted by molar-refractivity contribution is 0.718. The van der Waals surface area contributed by atoms with E-state index in [-0.39, 0.29) is 0 Å². The van der Waals surface area contributed by atoms with Crippen LogP contribution in [-0.2, 0) is 12.4 Å². The summed E-state index contributed by atoms with van der Waals surface area (Å²) in [7, 11) is 0. The van der Waals surface area contributed by atoms with Gasteiger partial charge in [-0.05, 0) is 12.8 Å². The minimum Gasteiger partial charge on any atom is -0.216 e. The van der Waals surface area contributed by atoms with Gasteiger partial charge in [0.25, 0.3) is 0 Å². The molecule has 0 saturated heterocycles. The molecule has 1 nitrogen and oxygen atoms in total. The van der Waals surface area contributed by atoms with Crippen molar-refractivity contribution < 1.29 is 0 Å². The zero-order chi connectivity index (χ0) is 5.11. The summed E-state index contributed by atoms with van der Waals surface area (Å²) in [6.45, 7) is 0. The summed E-state index contributed by atoms with van der Waals surface area (Å²) in [5.74, 6) is 0. The van der Waals surface area contributed by atoms with E-state index in [1.807, 2.05) is 0 Å². The quantitative estimate of drug-likeness (QED) is 0.506. The van der Waals surface area contributed by atoms with Gasteiger partial charge in [0, 0.05) is 12.4 Å². The predicted molar refractivity (Wildman–Crippen MR) is 32.0 cm³/mol. The molecule has 0 aromatic heterocycles. The van der Waals surface area contributed by atoms with Gasteiger partial charge in [-0.1, -0.05) is 12.8 Å². The van der Waals surface area contributed by atoms with Crippen molar-refractivity contribution in [3.05, 3.63) is 0 Å². The maximum absolute atomic E-state index is 4.54. The van der Waals surface area contributed by atoms with Crippen molar-refractivity contribution in [3.8, 4) is 0 Å². The highest BCUT2D eigenvalue weighted by atomic mass is 32.1. The number of hydrogen-bond donors (Lipinski definition) is 0. The summed E-state index contributed by atoms with van der Waals surface area (Å²) >= 11 is 4.54. The molecule has 0 heterocycles. The van der Waals surface area contributed by atoms with Crippen LogP contribution < -0.4 is 0 Å². The molecule has 0 N–H and O–H groups in total. The smallest absolute Gasteiger partial charge is 0.0630 e. The van der Waals surface area contributed by atoms with Crippen molar-refractivity contribution in [2.75, 3.05) is 0 Å². The van der Waals surface area contributed by atoms with Crippen LogP contribution in [0.2, 0.25) is 0 Å². The zero-order valence-corrected chi connectivity index (χ0v) is 5.08. The molecule has 1 rings (SSSR count). The van der Waals surface area contributed by atoms with Gasteiger partial charge in [-0.25, -0.2) is 4.36 Å². The van der Waals surface area contributed by atoms with Crippen LogP contribution in [0.3, 0.4) is 0 Å². The first-order chi connectivity index (χ1) is 3.43. The van der Waals surface area contributed by atoms with Gasteiger partial charge in [-0.2, -0.15) is 0 Å². The van der Waals surface area contributed by atoms with E-state index in [0.717, 1.165) is 0 Å². The molecule has 1 aliphatic rings. The third kappa shape index (κ3) is 1.20. The van der Waals surface area contributed by atoms with Crippen molar-refractivity contribution in [1.82, 2.24) is 0 Å². The standard InChI is InChI=1S/C5H9NS/c7-6-5-3-1-2-4-5/h5H,1-4H2. The first-order valence-electron chi connectivity index (χ1n) is 2.76. The molecule has 0 spiro atoms. The van der Waals surface area contributed by atoms with Crippen molar-refractivity contribution in [1.29, 1.82) is 0 Å². The number of rotatable bonds is 1. The van der Waals surface area contributed by atoms with Gasteiger partial charge in [-0.15, -0.1) is 0 Å². The molecular weight excluding hydrogens is 106 g/mol. The van der Waals surface area contributed by atoms with Crippen LogP contribution >= 0.6 is 0 Å². The monoisotopic (exact) mass is 115 g/mol. The molecule has 0 bridgehead atoms. The van der Waals surface area contributed by atoms with E-state index in [4.69, 9.17) is 0 Å². The molecule has 2 heteroatoms. The number of nitrogens with zero attached hydrogens (tertiary/aromatic N) is 1. The van der Waals surface area contributed by atoms with Crippen LogP contribution in [0.25, 0.3) is 0 Å². The highest BCUT2D eigenvalue weighted by molar-refractivity contribution is 7.47. The first kappa shape index (κ1) is 5.16. The Kier molecular flexibility index (Phi) is 1.74. The lowest BCUT2D eigenvalue weighted by Gasteiger charge is -1.92. The van der Waals surface area contributed by atoms with Gasteiger partial charge in [0.15, 0.2) is 0 Å². The topological polar surface area (TPSA) is 12.4 Å². The molecule has 1 saturated carbocycles. The Morgan fingerprint density at radius 1 is 1.29 bits per heavy atom. The maximum Gasteiger partial charge on any atom is 0.0630 e. The average Bonchev–Trinajstić information content (AvgIpc) is 2.14. The van der Waals surface area contributed by atoms with E-state index >= 15 is 0 Å². The molecule has 7 heavy (non-hydrogen) atoms. The van der Waals surface area contributed by atoms with Crippen molar-refractivity contribution in [2.45, 2.75) is 31.7 Å².